The van der Waals surface area contributed by atoms with E-state index in [-0.39, 0.29) is 4.90 Å². The van der Waals surface area contributed by atoms with E-state index >= 15 is 0 Å². The quantitative estimate of drug-likeness (QED) is 0.572. The van der Waals surface area contributed by atoms with Gasteiger partial charge in [-0.2, -0.15) is 8.42 Å². The van der Waals surface area contributed by atoms with E-state index in [4.69, 9.17) is 0 Å². The zero-order valence-electron chi connectivity index (χ0n) is 7.35. The van der Waals surface area contributed by atoms with Crippen LogP contribution in [-0.2, 0) is 14.3 Å². The molecule has 0 radical (unpaired) electrons. The first-order valence-corrected chi connectivity index (χ1v) is 6.18. The topological polar surface area (TPSA) is 43.4 Å². The van der Waals surface area contributed by atoms with Crippen molar-refractivity contribution in [1.29, 1.82) is 0 Å². The molecule has 0 N–H and O–H groups in total. The molecule has 0 bridgehead atoms. The molecular formula is C8H10O3S2. The number of rotatable bonds is 3. The molecule has 1 rings (SSSR count). The van der Waals surface area contributed by atoms with Crippen LogP contribution < -0.4 is 0 Å². The molecule has 0 fully saturated rings. The fourth-order valence-corrected chi connectivity index (χ4v) is 1.91. The van der Waals surface area contributed by atoms with E-state index in [0.29, 0.717) is 0 Å². The summed E-state index contributed by atoms with van der Waals surface area (Å²) in [5.41, 5.74) is 0. The lowest BCUT2D eigenvalue weighted by Crippen LogP contribution is -2.02. The van der Waals surface area contributed by atoms with E-state index in [0.717, 1.165) is 12.0 Å². The molecule has 3 nitrogen and oxygen atoms in total. The molecule has 0 saturated heterocycles. The summed E-state index contributed by atoms with van der Waals surface area (Å²) in [5.74, 6) is 0. The number of hydrogen-bond donors (Lipinski definition) is 0. The van der Waals surface area contributed by atoms with Gasteiger partial charge in [0.25, 0.3) is 10.1 Å². The van der Waals surface area contributed by atoms with Crippen LogP contribution in [0.5, 0.6) is 0 Å². The Morgan fingerprint density at radius 2 is 1.77 bits per heavy atom. The third kappa shape index (κ3) is 2.46. The van der Waals surface area contributed by atoms with Crippen LogP contribution in [0.2, 0.25) is 0 Å². The third-order valence-electron chi connectivity index (χ3n) is 1.57. The van der Waals surface area contributed by atoms with Crippen LogP contribution in [0.15, 0.2) is 34.1 Å². The highest BCUT2D eigenvalue weighted by molar-refractivity contribution is 7.98. The van der Waals surface area contributed by atoms with Crippen LogP contribution >= 0.6 is 11.8 Å². The van der Waals surface area contributed by atoms with Gasteiger partial charge in [-0.1, -0.05) is 0 Å². The summed E-state index contributed by atoms with van der Waals surface area (Å²) in [5, 5.41) is 0. The van der Waals surface area contributed by atoms with Crippen molar-refractivity contribution in [1.82, 2.24) is 0 Å². The standard InChI is InChI=1S/C8H10O3S2/c1-11-13(9,10)8-5-3-7(12-2)4-6-8/h3-6H,1-2H3. The minimum Gasteiger partial charge on any atom is -0.270 e. The summed E-state index contributed by atoms with van der Waals surface area (Å²) in [6.45, 7) is 0. The lowest BCUT2D eigenvalue weighted by molar-refractivity contribution is 0.397. The molecule has 0 unspecified atom stereocenters. The van der Waals surface area contributed by atoms with E-state index in [1.807, 2.05) is 6.26 Å². The van der Waals surface area contributed by atoms with Gasteiger partial charge in [0.2, 0.25) is 0 Å². The van der Waals surface area contributed by atoms with Crippen LogP contribution in [0, 0.1) is 0 Å². The van der Waals surface area contributed by atoms with Crippen molar-refractivity contribution in [2.75, 3.05) is 13.4 Å². The van der Waals surface area contributed by atoms with Crippen molar-refractivity contribution in [2.45, 2.75) is 9.79 Å². The number of benzene rings is 1. The second-order valence-corrected chi connectivity index (χ2v) is 4.89. The van der Waals surface area contributed by atoms with Gasteiger partial charge in [-0.05, 0) is 30.5 Å². The van der Waals surface area contributed by atoms with E-state index < -0.39 is 10.1 Å². The molecule has 0 atom stereocenters. The Morgan fingerprint density at radius 1 is 1.23 bits per heavy atom. The van der Waals surface area contributed by atoms with Gasteiger partial charge in [-0.25, -0.2) is 0 Å². The Kier molecular flexibility index (Phi) is 3.35. The monoisotopic (exact) mass is 218 g/mol. The van der Waals surface area contributed by atoms with Gasteiger partial charge in [0.1, 0.15) is 0 Å². The summed E-state index contributed by atoms with van der Waals surface area (Å²) >= 11 is 1.56. The van der Waals surface area contributed by atoms with Crippen LogP contribution in [-0.4, -0.2) is 21.8 Å². The first kappa shape index (κ1) is 10.6. The Hall–Kier alpha value is -0.520. The molecule has 0 aliphatic carbocycles. The maximum Gasteiger partial charge on any atom is 0.296 e. The highest BCUT2D eigenvalue weighted by Crippen LogP contribution is 2.18. The van der Waals surface area contributed by atoms with E-state index in [2.05, 4.69) is 4.18 Å². The molecule has 0 saturated carbocycles. The summed E-state index contributed by atoms with van der Waals surface area (Å²) in [6.07, 6.45) is 1.93. The minimum absolute atomic E-state index is 0.188. The second-order valence-electron chi connectivity index (χ2n) is 2.30. The zero-order valence-corrected chi connectivity index (χ0v) is 8.98. The predicted octanol–water partition coefficient (Wildman–Crippen LogP) is 1.74. The highest BCUT2D eigenvalue weighted by atomic mass is 32.2. The normalized spacial score (nSPS) is 11.5. The van der Waals surface area contributed by atoms with Crippen LogP contribution in [0.3, 0.4) is 0 Å². The third-order valence-corrected chi connectivity index (χ3v) is 3.60. The largest absolute Gasteiger partial charge is 0.296 e. The summed E-state index contributed by atoms with van der Waals surface area (Å²) in [6, 6.07) is 6.56. The molecule has 1 aromatic carbocycles. The molecule has 0 aromatic heterocycles. The molecule has 13 heavy (non-hydrogen) atoms. The smallest absolute Gasteiger partial charge is 0.270 e. The van der Waals surface area contributed by atoms with Gasteiger partial charge in [0.15, 0.2) is 0 Å². The molecule has 0 aliphatic rings. The average molecular weight is 218 g/mol. The summed E-state index contributed by atoms with van der Waals surface area (Å²) < 4.78 is 26.7. The molecule has 0 aliphatic heterocycles. The van der Waals surface area contributed by atoms with E-state index in [1.54, 1.807) is 23.9 Å². The van der Waals surface area contributed by atoms with Crippen molar-refractivity contribution in [3.63, 3.8) is 0 Å². The molecule has 72 valence electrons. The van der Waals surface area contributed by atoms with Gasteiger partial charge in [0.05, 0.1) is 12.0 Å². The molecule has 5 heteroatoms. The number of thioether (sulfide) groups is 1. The highest BCUT2D eigenvalue weighted by Gasteiger charge is 2.11. The first-order valence-electron chi connectivity index (χ1n) is 3.55. The van der Waals surface area contributed by atoms with Gasteiger partial charge in [-0.15, -0.1) is 11.8 Å². The fraction of sp³-hybridized carbons (Fsp3) is 0.250. The van der Waals surface area contributed by atoms with Crippen LogP contribution in [0.1, 0.15) is 0 Å². The van der Waals surface area contributed by atoms with Crippen molar-refractivity contribution in [3.05, 3.63) is 24.3 Å². The summed E-state index contributed by atoms with van der Waals surface area (Å²) in [7, 11) is -2.38. The average Bonchev–Trinajstić information content (AvgIpc) is 2.18. The number of hydrogen-bond acceptors (Lipinski definition) is 4. The molecule has 0 amide bonds. The maximum atomic E-state index is 11.2. The van der Waals surface area contributed by atoms with Crippen LogP contribution in [0.25, 0.3) is 0 Å². The predicted molar refractivity (Wildman–Crippen MR) is 52.4 cm³/mol. The molecule has 1 aromatic rings. The molecular weight excluding hydrogens is 208 g/mol. The van der Waals surface area contributed by atoms with E-state index in [1.165, 1.54) is 12.1 Å². The lowest BCUT2D eigenvalue weighted by atomic mass is 10.4. The Balaban J connectivity index is 3.06. The lowest BCUT2D eigenvalue weighted by Gasteiger charge is -2.01. The summed E-state index contributed by atoms with van der Waals surface area (Å²) in [4.78, 5) is 1.21. The first-order chi connectivity index (χ1) is 6.10. The SMILES string of the molecule is COS(=O)(=O)c1ccc(SC)cc1. The van der Waals surface area contributed by atoms with Gasteiger partial charge in [0, 0.05) is 4.90 Å². The minimum atomic E-state index is -3.53. The Bertz CT molecular complexity index is 367. The van der Waals surface area contributed by atoms with Crippen molar-refractivity contribution in [2.24, 2.45) is 0 Å². The van der Waals surface area contributed by atoms with Gasteiger partial charge in [-0.3, -0.25) is 4.18 Å². The maximum absolute atomic E-state index is 11.2. The molecule has 0 spiro atoms. The van der Waals surface area contributed by atoms with Crippen molar-refractivity contribution < 1.29 is 12.6 Å². The van der Waals surface area contributed by atoms with Gasteiger partial charge >= 0.3 is 0 Å². The molecule has 0 heterocycles. The Morgan fingerprint density at radius 3 is 2.15 bits per heavy atom. The Labute approximate surface area is 82.2 Å². The second kappa shape index (κ2) is 4.13. The fourth-order valence-electron chi connectivity index (χ4n) is 0.839. The van der Waals surface area contributed by atoms with Gasteiger partial charge < -0.3 is 0 Å². The zero-order chi connectivity index (χ0) is 9.90. The van der Waals surface area contributed by atoms with Crippen molar-refractivity contribution in [3.8, 4) is 0 Å². The van der Waals surface area contributed by atoms with Crippen LogP contribution in [0.4, 0.5) is 0 Å². The van der Waals surface area contributed by atoms with E-state index in [9.17, 15) is 8.42 Å². The van der Waals surface area contributed by atoms with Crippen molar-refractivity contribution >= 4 is 21.9 Å².